The van der Waals surface area contributed by atoms with Crippen molar-refractivity contribution in [3.05, 3.63) is 77.9 Å². The van der Waals surface area contributed by atoms with Crippen molar-refractivity contribution in [3.8, 4) is 5.75 Å². The number of hydrogen-bond donors (Lipinski definition) is 1. The van der Waals surface area contributed by atoms with Gasteiger partial charge < -0.3 is 10.1 Å². The van der Waals surface area contributed by atoms with Crippen molar-refractivity contribution >= 4 is 12.0 Å². The van der Waals surface area contributed by atoms with E-state index in [2.05, 4.69) is 26.6 Å². The second-order valence-electron chi connectivity index (χ2n) is 7.42. The topological polar surface area (TPSA) is 47.0 Å². The number of nitrogens with one attached hydrogen (secondary N) is 1. The van der Waals surface area contributed by atoms with Crippen molar-refractivity contribution in [2.45, 2.75) is 38.7 Å². The van der Waals surface area contributed by atoms with Gasteiger partial charge in [0.25, 0.3) is 0 Å². The van der Waals surface area contributed by atoms with E-state index >= 15 is 0 Å². The number of benzene rings is 1. The van der Waals surface area contributed by atoms with Crippen molar-refractivity contribution in [1.29, 1.82) is 0 Å². The molecule has 0 radical (unpaired) electrons. The van der Waals surface area contributed by atoms with Crippen LogP contribution in [0.5, 0.6) is 5.75 Å². The molecule has 4 nitrogen and oxygen atoms in total. The number of anilines is 1. The fourth-order valence-corrected chi connectivity index (χ4v) is 2.58. The van der Waals surface area contributed by atoms with Gasteiger partial charge in [-0.3, -0.25) is 0 Å². The smallest absolute Gasteiger partial charge is 0.428 e. The Kier molecular flexibility index (Phi) is 11.7. The number of allylic oxidation sites excluding steroid dienone is 4. The van der Waals surface area contributed by atoms with E-state index < -0.39 is 36.7 Å². The van der Waals surface area contributed by atoms with Crippen LogP contribution in [0.25, 0.3) is 6.08 Å². The molecule has 2 atom stereocenters. The average molecular weight is 541 g/mol. The van der Waals surface area contributed by atoms with E-state index in [4.69, 9.17) is 0 Å². The Labute approximate surface area is 207 Å². The van der Waals surface area contributed by atoms with Gasteiger partial charge in [0.15, 0.2) is 0 Å². The number of rotatable bonds is 5. The van der Waals surface area contributed by atoms with Gasteiger partial charge in [0.2, 0.25) is 11.9 Å². The van der Waals surface area contributed by atoms with E-state index in [0.29, 0.717) is 22.8 Å². The van der Waals surface area contributed by atoms with Crippen molar-refractivity contribution in [2.24, 2.45) is 5.92 Å². The van der Waals surface area contributed by atoms with Crippen molar-refractivity contribution in [2.75, 3.05) is 12.4 Å². The summed E-state index contributed by atoms with van der Waals surface area (Å²) in [6.45, 7) is 6.68. The fourth-order valence-electron chi connectivity index (χ4n) is 2.58. The normalized spacial score (nSPS) is 17.1. The predicted octanol–water partition coefficient (Wildman–Crippen LogP) is 7.55. The van der Waals surface area contributed by atoms with Gasteiger partial charge in [-0.25, -0.2) is 9.37 Å². The zero-order valence-electron chi connectivity index (χ0n) is 19.8. The van der Waals surface area contributed by atoms with Crippen molar-refractivity contribution in [3.63, 3.8) is 0 Å². The van der Waals surface area contributed by atoms with E-state index in [1.54, 1.807) is 14.0 Å². The second-order valence-corrected chi connectivity index (χ2v) is 7.42. The summed E-state index contributed by atoms with van der Waals surface area (Å²) in [7, 11) is 1.65. The lowest BCUT2D eigenvalue weighted by atomic mass is 9.95. The molecule has 1 aliphatic rings. The van der Waals surface area contributed by atoms with E-state index in [1.165, 1.54) is 49.4 Å². The second kappa shape index (κ2) is 13.7. The zero-order chi connectivity index (χ0) is 28.4. The van der Waals surface area contributed by atoms with Crippen LogP contribution in [0.1, 0.15) is 18.2 Å². The summed E-state index contributed by atoms with van der Waals surface area (Å²) in [4.78, 5) is 7.35. The molecule has 0 bridgehead atoms. The number of aromatic nitrogens is 2. The molecule has 0 saturated carbocycles. The van der Waals surface area contributed by atoms with Gasteiger partial charge in [-0.15, -0.1) is 0 Å². The number of nitrogens with zero attached hydrogens (tertiary/aromatic N) is 2. The van der Waals surface area contributed by atoms with E-state index in [9.17, 15) is 39.5 Å². The third-order valence-corrected chi connectivity index (χ3v) is 4.38. The summed E-state index contributed by atoms with van der Waals surface area (Å²) >= 11 is 0. The molecule has 2 aromatic rings. The van der Waals surface area contributed by atoms with Gasteiger partial charge in [-0.2, -0.15) is 40.1 Å². The summed E-state index contributed by atoms with van der Waals surface area (Å²) in [5.74, 6) is -2.47. The molecule has 0 amide bonds. The standard InChI is InChI=1S/C10H8F4O.C8H8F4.C6H8FN3/c1-2-7-3-5-8(6-4-7)15-10(13,14)9(11)12;1-5-2-3-7(9)6(4-5)8(10,11)12;1-4-3-5(7)10-6(8-2)9-4/h2-6,9H,1H2;2-4,6-7H,1H3;3H,1-2H3,(H,8,9,10). The first kappa shape index (κ1) is 31.5. The Balaban J connectivity index is 0.000000283. The molecule has 1 heterocycles. The van der Waals surface area contributed by atoms with Crippen LogP contribution in [0.3, 0.4) is 0 Å². The Hall–Kier alpha value is -3.51. The third kappa shape index (κ3) is 11.0. The van der Waals surface area contributed by atoms with Gasteiger partial charge in [-0.05, 0) is 37.6 Å². The zero-order valence-corrected chi connectivity index (χ0v) is 19.8. The van der Waals surface area contributed by atoms with Gasteiger partial charge in [0, 0.05) is 18.8 Å². The first-order valence-electron chi connectivity index (χ1n) is 10.4. The Morgan fingerprint density at radius 1 is 1.05 bits per heavy atom. The highest BCUT2D eigenvalue weighted by molar-refractivity contribution is 5.48. The predicted molar refractivity (Wildman–Crippen MR) is 122 cm³/mol. The quantitative estimate of drug-likeness (QED) is 0.314. The van der Waals surface area contributed by atoms with Gasteiger partial charge >= 0.3 is 18.7 Å². The van der Waals surface area contributed by atoms with Crippen LogP contribution >= 0.6 is 0 Å². The van der Waals surface area contributed by atoms with Gasteiger partial charge in [0.05, 0.1) is 0 Å². The molecule has 0 aliphatic heterocycles. The maximum absolute atomic E-state index is 12.7. The maximum Gasteiger partial charge on any atom is 0.461 e. The molecule has 0 saturated heterocycles. The number of aryl methyl sites for hydroxylation is 1. The summed E-state index contributed by atoms with van der Waals surface area (Å²) in [6, 6.07) is 6.50. The fraction of sp³-hybridized carbons (Fsp3) is 0.333. The molecule has 2 unspecified atom stereocenters. The van der Waals surface area contributed by atoms with Crippen LogP contribution in [0.4, 0.5) is 45.5 Å². The van der Waals surface area contributed by atoms with Crippen LogP contribution in [-0.2, 0) is 0 Å². The summed E-state index contributed by atoms with van der Waals surface area (Å²) in [5.41, 5.74) is 1.76. The molecule has 1 N–H and O–H groups in total. The lowest BCUT2D eigenvalue weighted by molar-refractivity contribution is -0.253. The van der Waals surface area contributed by atoms with Crippen LogP contribution in [-0.4, -0.2) is 41.9 Å². The number of ether oxygens (including phenoxy) is 1. The van der Waals surface area contributed by atoms with Crippen molar-refractivity contribution < 1.29 is 44.3 Å². The molecular weight excluding hydrogens is 517 g/mol. The van der Waals surface area contributed by atoms with Crippen LogP contribution in [0.2, 0.25) is 0 Å². The third-order valence-electron chi connectivity index (χ3n) is 4.38. The molecule has 13 heteroatoms. The molecule has 1 aromatic heterocycles. The summed E-state index contributed by atoms with van der Waals surface area (Å²) in [5, 5.41) is 2.65. The van der Waals surface area contributed by atoms with Gasteiger partial charge in [0.1, 0.15) is 17.8 Å². The Morgan fingerprint density at radius 2 is 1.65 bits per heavy atom. The van der Waals surface area contributed by atoms with Crippen molar-refractivity contribution in [1.82, 2.24) is 9.97 Å². The number of hydrogen-bond acceptors (Lipinski definition) is 4. The lowest BCUT2D eigenvalue weighted by Gasteiger charge is -2.21. The summed E-state index contributed by atoms with van der Waals surface area (Å²) < 4.78 is 113. The van der Waals surface area contributed by atoms with Gasteiger partial charge in [-0.1, -0.05) is 42.5 Å². The van der Waals surface area contributed by atoms with Crippen LogP contribution in [0.15, 0.2) is 60.7 Å². The molecule has 37 heavy (non-hydrogen) atoms. The average Bonchev–Trinajstić information content (AvgIpc) is 2.80. The minimum Gasteiger partial charge on any atom is -0.428 e. The minimum absolute atomic E-state index is 0.314. The highest BCUT2D eigenvalue weighted by Crippen LogP contribution is 2.35. The largest absolute Gasteiger partial charge is 0.461 e. The first-order chi connectivity index (χ1) is 17.1. The van der Waals surface area contributed by atoms with E-state index in [-0.39, 0.29) is 5.75 Å². The molecule has 1 aliphatic carbocycles. The lowest BCUT2D eigenvalue weighted by Crippen LogP contribution is -2.33. The summed E-state index contributed by atoms with van der Waals surface area (Å²) in [6.07, 6.45) is -10.0. The molecule has 0 fully saturated rings. The molecule has 204 valence electrons. The van der Waals surface area contributed by atoms with E-state index in [0.717, 1.165) is 12.2 Å². The molecule has 0 spiro atoms. The molecule has 3 rings (SSSR count). The molecular formula is C24H24F9N3O. The molecule has 1 aromatic carbocycles. The maximum atomic E-state index is 12.7. The van der Waals surface area contributed by atoms with E-state index in [1.807, 2.05) is 0 Å². The monoisotopic (exact) mass is 541 g/mol. The Morgan fingerprint density at radius 3 is 2.08 bits per heavy atom. The number of alkyl halides is 8. The van der Waals surface area contributed by atoms with Crippen LogP contribution in [0, 0.1) is 18.8 Å². The minimum atomic E-state index is -4.48. The number of halogens is 9. The Bertz CT molecular complexity index is 1050. The highest BCUT2D eigenvalue weighted by Gasteiger charge is 2.44. The first-order valence-corrected chi connectivity index (χ1v) is 10.4. The SMILES string of the molecule is C=Cc1ccc(OC(F)(F)C(F)F)cc1.CC1=CC(C(F)(F)F)C(F)C=C1.CNc1nc(C)cc(F)n1. The highest BCUT2D eigenvalue weighted by atomic mass is 19.4. The van der Waals surface area contributed by atoms with Crippen LogP contribution < -0.4 is 10.1 Å².